The molecule has 1 aromatic heterocycles. The Balaban J connectivity index is 1.89. The number of hydrogen-bond donors (Lipinski definition) is 1. The molecule has 0 spiro atoms. The fraction of sp³-hybridized carbons (Fsp3) is 0.286. The molecule has 1 N–H and O–H groups in total. The Hall–Kier alpha value is -3.07. The van der Waals surface area contributed by atoms with Gasteiger partial charge in [0, 0.05) is 16.5 Å². The van der Waals surface area contributed by atoms with Crippen LogP contribution in [0.1, 0.15) is 49.4 Å². The van der Waals surface area contributed by atoms with Crippen LogP contribution in [-0.4, -0.2) is 25.9 Å². The SMILES string of the molecule is O=c1c2cc(Br)ccc2nc(C2CCCCC2)n1N=Cc1cc(O)ccc1[N+](=O)[O-]. The second-order valence-electron chi connectivity index (χ2n) is 7.33. The number of phenolic OH excluding ortho intramolecular Hbond substituents is 1. The highest BCUT2D eigenvalue weighted by molar-refractivity contribution is 9.10. The molecule has 2 aromatic carbocycles. The van der Waals surface area contributed by atoms with Gasteiger partial charge in [0.15, 0.2) is 0 Å². The molecule has 9 heteroatoms. The number of aromatic nitrogens is 2. The van der Waals surface area contributed by atoms with Crippen LogP contribution in [0, 0.1) is 10.1 Å². The molecule has 1 saturated carbocycles. The normalized spacial score (nSPS) is 15.1. The summed E-state index contributed by atoms with van der Waals surface area (Å²) in [6.45, 7) is 0. The van der Waals surface area contributed by atoms with Gasteiger partial charge in [0.05, 0.1) is 27.6 Å². The van der Waals surface area contributed by atoms with Gasteiger partial charge in [0.1, 0.15) is 11.6 Å². The van der Waals surface area contributed by atoms with Crippen LogP contribution in [0.25, 0.3) is 10.9 Å². The van der Waals surface area contributed by atoms with E-state index in [9.17, 15) is 20.0 Å². The fourth-order valence-electron chi connectivity index (χ4n) is 3.83. The number of benzene rings is 2. The summed E-state index contributed by atoms with van der Waals surface area (Å²) < 4.78 is 2.00. The van der Waals surface area contributed by atoms with Gasteiger partial charge in [-0.05, 0) is 43.2 Å². The van der Waals surface area contributed by atoms with Gasteiger partial charge < -0.3 is 5.11 Å². The van der Waals surface area contributed by atoms with Crippen molar-refractivity contribution in [3.8, 4) is 5.75 Å². The lowest BCUT2D eigenvalue weighted by Crippen LogP contribution is -2.25. The first-order valence-corrected chi connectivity index (χ1v) is 10.5. The number of fused-ring (bicyclic) bond motifs is 1. The Morgan fingerprint density at radius 1 is 1.20 bits per heavy atom. The van der Waals surface area contributed by atoms with Crippen LogP contribution in [0.3, 0.4) is 0 Å². The summed E-state index contributed by atoms with van der Waals surface area (Å²) in [5.74, 6) is 0.534. The van der Waals surface area contributed by atoms with Crippen molar-refractivity contribution < 1.29 is 10.0 Å². The second kappa shape index (κ2) is 8.35. The molecule has 30 heavy (non-hydrogen) atoms. The number of hydrogen-bond acceptors (Lipinski definition) is 6. The Kier molecular flexibility index (Phi) is 5.63. The van der Waals surface area contributed by atoms with Crippen molar-refractivity contribution in [1.29, 1.82) is 0 Å². The highest BCUT2D eigenvalue weighted by Gasteiger charge is 2.23. The van der Waals surface area contributed by atoms with Crippen LogP contribution in [0.2, 0.25) is 0 Å². The van der Waals surface area contributed by atoms with E-state index in [4.69, 9.17) is 4.98 Å². The quantitative estimate of drug-likeness (QED) is 0.337. The van der Waals surface area contributed by atoms with Gasteiger partial charge >= 0.3 is 0 Å². The Labute approximate surface area is 180 Å². The maximum atomic E-state index is 13.3. The molecule has 4 rings (SSSR count). The molecule has 0 radical (unpaired) electrons. The number of halogens is 1. The molecule has 0 unspecified atom stereocenters. The molecule has 0 amide bonds. The summed E-state index contributed by atoms with van der Waals surface area (Å²) in [5.41, 5.74) is 0.163. The Morgan fingerprint density at radius 3 is 2.70 bits per heavy atom. The summed E-state index contributed by atoms with van der Waals surface area (Å²) in [7, 11) is 0. The summed E-state index contributed by atoms with van der Waals surface area (Å²) in [4.78, 5) is 28.7. The molecule has 1 fully saturated rings. The zero-order chi connectivity index (χ0) is 21.3. The maximum Gasteiger partial charge on any atom is 0.282 e. The molecular formula is C21H19BrN4O4. The van der Waals surface area contributed by atoms with E-state index in [1.165, 1.54) is 29.1 Å². The van der Waals surface area contributed by atoms with E-state index < -0.39 is 4.92 Å². The average molecular weight is 471 g/mol. The van der Waals surface area contributed by atoms with Gasteiger partial charge in [-0.2, -0.15) is 9.78 Å². The minimum Gasteiger partial charge on any atom is -0.508 e. The minimum absolute atomic E-state index is 0.0933. The van der Waals surface area contributed by atoms with Gasteiger partial charge in [0.25, 0.3) is 11.2 Å². The number of nitro benzene ring substituents is 1. The Bertz CT molecular complexity index is 1220. The third-order valence-electron chi connectivity index (χ3n) is 5.32. The summed E-state index contributed by atoms with van der Waals surface area (Å²) in [6, 6.07) is 9.02. The topological polar surface area (TPSA) is 111 Å². The number of phenols is 1. The first-order chi connectivity index (χ1) is 14.4. The monoisotopic (exact) mass is 470 g/mol. The van der Waals surface area contributed by atoms with Gasteiger partial charge in [-0.25, -0.2) is 4.98 Å². The number of aromatic hydroxyl groups is 1. The summed E-state index contributed by atoms with van der Waals surface area (Å²) in [5, 5.41) is 25.8. The molecular weight excluding hydrogens is 452 g/mol. The smallest absolute Gasteiger partial charge is 0.282 e. The molecule has 154 valence electrons. The summed E-state index contributed by atoms with van der Waals surface area (Å²) >= 11 is 3.38. The standard InChI is InChI=1S/C21H19BrN4O4/c22-15-6-8-18-17(11-15)21(28)25(20(24-18)13-4-2-1-3-5-13)23-12-14-10-16(27)7-9-19(14)26(29)30/h6-13,27H,1-5H2. The largest absolute Gasteiger partial charge is 0.508 e. The zero-order valence-corrected chi connectivity index (χ0v) is 17.6. The minimum atomic E-state index is -0.554. The van der Waals surface area contributed by atoms with E-state index in [-0.39, 0.29) is 28.5 Å². The van der Waals surface area contributed by atoms with Crippen molar-refractivity contribution in [2.75, 3.05) is 0 Å². The molecule has 1 aliphatic carbocycles. The lowest BCUT2D eigenvalue weighted by Gasteiger charge is -2.22. The van der Waals surface area contributed by atoms with Crippen molar-refractivity contribution in [3.63, 3.8) is 0 Å². The number of nitro groups is 1. The molecule has 0 aliphatic heterocycles. The molecule has 1 heterocycles. The zero-order valence-electron chi connectivity index (χ0n) is 16.0. The van der Waals surface area contributed by atoms with E-state index >= 15 is 0 Å². The van der Waals surface area contributed by atoms with Crippen LogP contribution < -0.4 is 5.56 Å². The highest BCUT2D eigenvalue weighted by Crippen LogP contribution is 2.32. The first-order valence-electron chi connectivity index (χ1n) is 9.68. The van der Waals surface area contributed by atoms with Crippen LogP contribution in [0.5, 0.6) is 5.75 Å². The van der Waals surface area contributed by atoms with E-state index in [1.807, 2.05) is 6.07 Å². The van der Waals surface area contributed by atoms with Gasteiger partial charge in [-0.15, -0.1) is 0 Å². The van der Waals surface area contributed by atoms with E-state index in [0.717, 1.165) is 36.6 Å². The van der Waals surface area contributed by atoms with Crippen molar-refractivity contribution in [3.05, 3.63) is 72.7 Å². The molecule has 0 bridgehead atoms. The summed E-state index contributed by atoms with van der Waals surface area (Å²) in [6.07, 6.45) is 6.32. The predicted molar refractivity (Wildman–Crippen MR) is 117 cm³/mol. The maximum absolute atomic E-state index is 13.3. The molecule has 0 saturated heterocycles. The van der Waals surface area contributed by atoms with E-state index in [1.54, 1.807) is 12.1 Å². The van der Waals surface area contributed by atoms with E-state index in [0.29, 0.717) is 16.7 Å². The molecule has 1 aliphatic rings. The van der Waals surface area contributed by atoms with Crippen LogP contribution in [0.4, 0.5) is 5.69 Å². The first kappa shape index (κ1) is 20.2. The molecule has 3 aromatic rings. The third kappa shape index (κ3) is 3.97. The van der Waals surface area contributed by atoms with Crippen LogP contribution in [-0.2, 0) is 0 Å². The Morgan fingerprint density at radius 2 is 1.97 bits per heavy atom. The van der Waals surface area contributed by atoms with Gasteiger partial charge in [0.2, 0.25) is 0 Å². The lowest BCUT2D eigenvalue weighted by molar-refractivity contribution is -0.385. The van der Waals surface area contributed by atoms with Gasteiger partial charge in [-0.1, -0.05) is 35.2 Å². The molecule has 8 nitrogen and oxygen atoms in total. The molecule has 0 atom stereocenters. The van der Waals surface area contributed by atoms with Crippen LogP contribution >= 0.6 is 15.9 Å². The predicted octanol–water partition coefficient (Wildman–Crippen LogP) is 4.70. The lowest BCUT2D eigenvalue weighted by atomic mass is 9.88. The average Bonchev–Trinajstić information content (AvgIpc) is 2.74. The van der Waals surface area contributed by atoms with Crippen molar-refractivity contribution in [1.82, 2.24) is 9.66 Å². The number of rotatable bonds is 4. The van der Waals surface area contributed by atoms with Crippen molar-refractivity contribution in [2.24, 2.45) is 5.10 Å². The van der Waals surface area contributed by atoms with Gasteiger partial charge in [-0.3, -0.25) is 14.9 Å². The highest BCUT2D eigenvalue weighted by atomic mass is 79.9. The van der Waals surface area contributed by atoms with E-state index in [2.05, 4.69) is 21.0 Å². The second-order valence-corrected chi connectivity index (χ2v) is 8.24. The fourth-order valence-corrected chi connectivity index (χ4v) is 4.20. The third-order valence-corrected chi connectivity index (χ3v) is 5.82. The number of nitrogens with zero attached hydrogens (tertiary/aromatic N) is 4. The van der Waals surface area contributed by atoms with Crippen molar-refractivity contribution >= 4 is 38.7 Å². The van der Waals surface area contributed by atoms with Crippen LogP contribution in [0.15, 0.2) is 50.8 Å². The van der Waals surface area contributed by atoms with Crippen molar-refractivity contribution in [2.45, 2.75) is 38.0 Å².